The normalized spacial score (nSPS) is 13.8. The van der Waals surface area contributed by atoms with E-state index in [0.29, 0.717) is 31.0 Å². The first kappa shape index (κ1) is 15.9. The molecule has 1 fully saturated rings. The van der Waals surface area contributed by atoms with Crippen LogP contribution >= 0.6 is 23.2 Å². The highest BCUT2D eigenvalue weighted by molar-refractivity contribution is 6.43. The molecule has 114 valence electrons. The molecular formula is C14H17Cl2N3O2. The standard InChI is InChI=1S/C14H17Cl2N3O2/c15-10-6-8(7-11(17)13(10)16)14(21)18-5-1-2-12(20)19-9-3-4-9/h6-7,9H,1-5,17H2,(H,18,21)(H,19,20). The third-order valence-corrected chi connectivity index (χ3v) is 3.94. The maximum Gasteiger partial charge on any atom is 0.251 e. The lowest BCUT2D eigenvalue weighted by molar-refractivity contribution is -0.121. The lowest BCUT2D eigenvalue weighted by atomic mass is 10.2. The number of nitrogens with two attached hydrogens (primary N) is 1. The highest BCUT2D eigenvalue weighted by Crippen LogP contribution is 2.29. The highest BCUT2D eigenvalue weighted by atomic mass is 35.5. The van der Waals surface area contributed by atoms with Gasteiger partial charge in [-0.1, -0.05) is 23.2 Å². The molecule has 1 saturated carbocycles. The predicted molar refractivity (Wildman–Crippen MR) is 83.6 cm³/mol. The van der Waals surface area contributed by atoms with Crippen LogP contribution in [0.5, 0.6) is 0 Å². The number of nitrogen functional groups attached to an aromatic ring is 1. The van der Waals surface area contributed by atoms with Gasteiger partial charge in [-0.15, -0.1) is 0 Å². The van der Waals surface area contributed by atoms with Gasteiger partial charge < -0.3 is 16.4 Å². The molecule has 7 heteroatoms. The molecule has 4 N–H and O–H groups in total. The Balaban J connectivity index is 1.75. The van der Waals surface area contributed by atoms with Crippen molar-refractivity contribution in [3.8, 4) is 0 Å². The molecule has 0 bridgehead atoms. The zero-order chi connectivity index (χ0) is 15.4. The minimum Gasteiger partial charge on any atom is -0.397 e. The molecule has 1 aliphatic carbocycles. The van der Waals surface area contributed by atoms with E-state index < -0.39 is 0 Å². The Labute approximate surface area is 133 Å². The number of amides is 2. The van der Waals surface area contributed by atoms with Gasteiger partial charge in [-0.3, -0.25) is 9.59 Å². The molecule has 0 heterocycles. The van der Waals surface area contributed by atoms with Gasteiger partial charge in [0.2, 0.25) is 5.91 Å². The number of benzene rings is 1. The van der Waals surface area contributed by atoms with Crippen molar-refractivity contribution in [2.24, 2.45) is 0 Å². The van der Waals surface area contributed by atoms with E-state index in [1.54, 1.807) is 0 Å². The summed E-state index contributed by atoms with van der Waals surface area (Å²) in [6, 6.07) is 3.31. The van der Waals surface area contributed by atoms with E-state index in [4.69, 9.17) is 28.9 Å². The fourth-order valence-corrected chi connectivity index (χ4v) is 2.16. The van der Waals surface area contributed by atoms with Gasteiger partial charge in [-0.25, -0.2) is 0 Å². The van der Waals surface area contributed by atoms with Crippen molar-refractivity contribution in [3.05, 3.63) is 27.7 Å². The van der Waals surface area contributed by atoms with Crippen LogP contribution in [0.1, 0.15) is 36.0 Å². The number of rotatable bonds is 6. The van der Waals surface area contributed by atoms with Crippen LogP contribution in [0, 0.1) is 0 Å². The van der Waals surface area contributed by atoms with Crippen molar-refractivity contribution in [2.45, 2.75) is 31.7 Å². The smallest absolute Gasteiger partial charge is 0.251 e. The second-order valence-corrected chi connectivity index (χ2v) is 5.85. The van der Waals surface area contributed by atoms with Crippen molar-refractivity contribution in [2.75, 3.05) is 12.3 Å². The first-order chi connectivity index (χ1) is 9.97. The summed E-state index contributed by atoms with van der Waals surface area (Å²) in [6.07, 6.45) is 3.13. The molecule has 1 aromatic carbocycles. The molecular weight excluding hydrogens is 313 g/mol. The highest BCUT2D eigenvalue weighted by Gasteiger charge is 2.22. The van der Waals surface area contributed by atoms with E-state index in [9.17, 15) is 9.59 Å². The van der Waals surface area contributed by atoms with Crippen LogP contribution in [0.4, 0.5) is 5.69 Å². The van der Waals surface area contributed by atoms with Crippen molar-refractivity contribution >= 4 is 40.7 Å². The zero-order valence-corrected chi connectivity index (χ0v) is 12.9. The van der Waals surface area contributed by atoms with Gasteiger partial charge in [-0.05, 0) is 31.4 Å². The third kappa shape index (κ3) is 4.79. The maximum absolute atomic E-state index is 11.9. The Morgan fingerprint density at radius 1 is 1.29 bits per heavy atom. The Morgan fingerprint density at radius 3 is 2.62 bits per heavy atom. The van der Waals surface area contributed by atoms with Crippen LogP contribution in [0.15, 0.2) is 12.1 Å². The molecule has 5 nitrogen and oxygen atoms in total. The molecule has 1 aromatic rings. The molecule has 0 spiro atoms. The van der Waals surface area contributed by atoms with Gasteiger partial charge in [0, 0.05) is 24.6 Å². The Bertz CT molecular complexity index is 536. The van der Waals surface area contributed by atoms with Gasteiger partial charge in [0.15, 0.2) is 0 Å². The van der Waals surface area contributed by atoms with E-state index in [0.717, 1.165) is 12.8 Å². The molecule has 1 aliphatic rings. The second kappa shape index (κ2) is 7.00. The maximum atomic E-state index is 11.9. The van der Waals surface area contributed by atoms with Gasteiger partial charge in [0.1, 0.15) is 0 Å². The molecule has 0 atom stereocenters. The van der Waals surface area contributed by atoms with Crippen molar-refractivity contribution < 1.29 is 9.59 Å². The quantitative estimate of drug-likeness (QED) is 0.553. The Hall–Kier alpha value is -1.46. The summed E-state index contributed by atoms with van der Waals surface area (Å²) in [5.41, 5.74) is 6.27. The molecule has 0 aliphatic heterocycles. The average Bonchev–Trinajstić information content (AvgIpc) is 3.24. The number of halogens is 2. The molecule has 21 heavy (non-hydrogen) atoms. The van der Waals surface area contributed by atoms with Gasteiger partial charge >= 0.3 is 0 Å². The van der Waals surface area contributed by atoms with Crippen molar-refractivity contribution in [1.82, 2.24) is 10.6 Å². The van der Waals surface area contributed by atoms with E-state index in [1.165, 1.54) is 12.1 Å². The minimum atomic E-state index is -0.289. The molecule has 0 radical (unpaired) electrons. The molecule has 2 rings (SSSR count). The molecule has 2 amide bonds. The van der Waals surface area contributed by atoms with Crippen molar-refractivity contribution in [3.63, 3.8) is 0 Å². The predicted octanol–water partition coefficient (Wildman–Crippen LogP) is 2.36. The Kier molecular flexibility index (Phi) is 5.31. The van der Waals surface area contributed by atoms with Gasteiger partial charge in [0.25, 0.3) is 5.91 Å². The molecule has 0 saturated heterocycles. The number of nitrogens with one attached hydrogen (secondary N) is 2. The fourth-order valence-electron chi connectivity index (χ4n) is 1.82. The summed E-state index contributed by atoms with van der Waals surface area (Å²) in [4.78, 5) is 23.4. The molecule has 0 aromatic heterocycles. The van der Waals surface area contributed by atoms with Crippen LogP contribution in [0.2, 0.25) is 10.0 Å². The summed E-state index contributed by atoms with van der Waals surface area (Å²) >= 11 is 11.7. The summed E-state index contributed by atoms with van der Waals surface area (Å²) in [5.74, 6) is -0.256. The topological polar surface area (TPSA) is 84.2 Å². The monoisotopic (exact) mass is 329 g/mol. The van der Waals surface area contributed by atoms with E-state index in [-0.39, 0.29) is 27.5 Å². The number of anilines is 1. The lowest BCUT2D eigenvalue weighted by Gasteiger charge is -2.08. The van der Waals surface area contributed by atoms with Crippen LogP contribution in [0.3, 0.4) is 0 Å². The Morgan fingerprint density at radius 2 is 2.00 bits per heavy atom. The fraction of sp³-hybridized carbons (Fsp3) is 0.429. The number of carbonyl (C=O) groups is 2. The van der Waals surface area contributed by atoms with Crippen LogP contribution in [0.25, 0.3) is 0 Å². The summed E-state index contributed by atoms with van der Waals surface area (Å²) in [6.45, 7) is 0.414. The summed E-state index contributed by atoms with van der Waals surface area (Å²) in [5, 5.41) is 6.10. The first-order valence-corrected chi connectivity index (χ1v) is 7.55. The van der Waals surface area contributed by atoms with Crippen molar-refractivity contribution in [1.29, 1.82) is 0 Å². The summed E-state index contributed by atoms with van der Waals surface area (Å²) < 4.78 is 0. The SMILES string of the molecule is Nc1cc(C(=O)NCCCC(=O)NC2CC2)cc(Cl)c1Cl. The largest absolute Gasteiger partial charge is 0.397 e. The third-order valence-electron chi connectivity index (χ3n) is 3.13. The van der Waals surface area contributed by atoms with E-state index in [1.807, 2.05) is 0 Å². The van der Waals surface area contributed by atoms with Gasteiger partial charge in [0.05, 0.1) is 15.7 Å². The van der Waals surface area contributed by atoms with E-state index >= 15 is 0 Å². The van der Waals surface area contributed by atoms with E-state index in [2.05, 4.69) is 10.6 Å². The average molecular weight is 330 g/mol. The minimum absolute atomic E-state index is 0.0329. The lowest BCUT2D eigenvalue weighted by Crippen LogP contribution is -2.28. The number of hydrogen-bond donors (Lipinski definition) is 3. The first-order valence-electron chi connectivity index (χ1n) is 6.79. The van der Waals surface area contributed by atoms with Crippen LogP contribution in [-0.4, -0.2) is 24.4 Å². The van der Waals surface area contributed by atoms with Crippen LogP contribution in [-0.2, 0) is 4.79 Å². The number of hydrogen-bond acceptors (Lipinski definition) is 3. The number of carbonyl (C=O) groups excluding carboxylic acids is 2. The summed E-state index contributed by atoms with van der Waals surface area (Å²) in [7, 11) is 0. The molecule has 0 unspecified atom stereocenters. The van der Waals surface area contributed by atoms with Gasteiger partial charge in [-0.2, -0.15) is 0 Å². The zero-order valence-electron chi connectivity index (χ0n) is 11.4. The van der Waals surface area contributed by atoms with Crippen LogP contribution < -0.4 is 16.4 Å². The second-order valence-electron chi connectivity index (χ2n) is 5.06.